The fraction of sp³-hybridized carbons (Fsp3) is 0.533. The van der Waals surface area contributed by atoms with E-state index in [0.29, 0.717) is 36.1 Å². The Balaban J connectivity index is 2.84. The van der Waals surface area contributed by atoms with E-state index in [1.54, 1.807) is 19.2 Å². The van der Waals surface area contributed by atoms with E-state index in [-0.39, 0.29) is 0 Å². The molecule has 1 aromatic carbocycles. The van der Waals surface area contributed by atoms with Gasteiger partial charge in [0.1, 0.15) is 6.04 Å². The van der Waals surface area contributed by atoms with Gasteiger partial charge in [-0.25, -0.2) is 0 Å². The number of hydrogen-bond donors (Lipinski definition) is 2. The summed E-state index contributed by atoms with van der Waals surface area (Å²) in [7, 11) is 1.54. The van der Waals surface area contributed by atoms with E-state index < -0.39 is 12.0 Å². The summed E-state index contributed by atoms with van der Waals surface area (Å²) >= 11 is 6.18. The minimum Gasteiger partial charge on any atom is -0.493 e. The quantitative estimate of drug-likeness (QED) is 0.733. The van der Waals surface area contributed by atoms with Crippen LogP contribution < -0.4 is 14.8 Å². The highest BCUT2D eigenvalue weighted by atomic mass is 35.5. The second-order valence-corrected chi connectivity index (χ2v) is 5.01. The number of benzene rings is 1. The number of carboxylic acid groups (broad SMARTS) is 1. The maximum absolute atomic E-state index is 11.1. The van der Waals surface area contributed by atoms with E-state index in [4.69, 9.17) is 26.2 Å². The van der Waals surface area contributed by atoms with Crippen LogP contribution >= 0.6 is 11.6 Å². The third kappa shape index (κ3) is 5.10. The third-order valence-corrected chi connectivity index (χ3v) is 3.29. The number of carbonyl (C=O) groups is 1. The van der Waals surface area contributed by atoms with Gasteiger partial charge in [-0.1, -0.05) is 24.9 Å². The summed E-state index contributed by atoms with van der Waals surface area (Å²) in [6.07, 6.45) is 1.38. The summed E-state index contributed by atoms with van der Waals surface area (Å²) in [6, 6.07) is 2.99. The number of methoxy groups -OCH3 is 1. The highest BCUT2D eigenvalue weighted by molar-refractivity contribution is 6.32. The molecular weight excluding hydrogens is 294 g/mol. The first-order valence-corrected chi connectivity index (χ1v) is 7.36. The van der Waals surface area contributed by atoms with Crippen molar-refractivity contribution in [2.24, 2.45) is 0 Å². The molecule has 0 saturated carbocycles. The van der Waals surface area contributed by atoms with Crippen LogP contribution in [0.15, 0.2) is 12.1 Å². The number of nitrogens with one attached hydrogen (secondary N) is 1. The number of rotatable bonds is 9. The van der Waals surface area contributed by atoms with Crippen LogP contribution in [-0.4, -0.2) is 30.8 Å². The van der Waals surface area contributed by atoms with Gasteiger partial charge < -0.3 is 19.9 Å². The van der Waals surface area contributed by atoms with Crippen LogP contribution in [0.4, 0.5) is 0 Å². The molecule has 0 bridgehead atoms. The number of hydrogen-bond acceptors (Lipinski definition) is 4. The van der Waals surface area contributed by atoms with Crippen molar-refractivity contribution < 1.29 is 19.4 Å². The van der Waals surface area contributed by atoms with E-state index in [1.165, 1.54) is 0 Å². The third-order valence-electron chi connectivity index (χ3n) is 3.01. The first-order valence-electron chi connectivity index (χ1n) is 6.98. The lowest BCUT2D eigenvalue weighted by atomic mass is 10.1. The van der Waals surface area contributed by atoms with Crippen LogP contribution in [0.2, 0.25) is 5.02 Å². The second kappa shape index (κ2) is 8.74. The highest BCUT2D eigenvalue weighted by Gasteiger charge is 2.17. The monoisotopic (exact) mass is 315 g/mol. The van der Waals surface area contributed by atoms with Gasteiger partial charge in [-0.05, 0) is 31.0 Å². The van der Waals surface area contributed by atoms with Crippen molar-refractivity contribution in [1.29, 1.82) is 0 Å². The van der Waals surface area contributed by atoms with Gasteiger partial charge in [0.15, 0.2) is 11.5 Å². The molecule has 0 spiro atoms. The van der Waals surface area contributed by atoms with Crippen molar-refractivity contribution in [2.75, 3.05) is 13.7 Å². The van der Waals surface area contributed by atoms with Gasteiger partial charge in [0.05, 0.1) is 18.7 Å². The van der Waals surface area contributed by atoms with Gasteiger partial charge >= 0.3 is 5.97 Å². The zero-order valence-corrected chi connectivity index (χ0v) is 13.4. The molecule has 6 heteroatoms. The Morgan fingerprint density at radius 2 is 2.14 bits per heavy atom. The summed E-state index contributed by atoms with van der Waals surface area (Å²) in [6.45, 7) is 4.71. The molecule has 0 saturated heterocycles. The predicted molar refractivity (Wildman–Crippen MR) is 82.3 cm³/mol. The van der Waals surface area contributed by atoms with Crippen LogP contribution in [0.25, 0.3) is 0 Å². The fourth-order valence-corrected chi connectivity index (χ4v) is 2.29. The van der Waals surface area contributed by atoms with Gasteiger partial charge in [0, 0.05) is 6.54 Å². The molecule has 21 heavy (non-hydrogen) atoms. The van der Waals surface area contributed by atoms with Crippen LogP contribution in [-0.2, 0) is 11.3 Å². The molecule has 1 atom stereocenters. The summed E-state index contributed by atoms with van der Waals surface area (Å²) < 4.78 is 10.7. The average molecular weight is 316 g/mol. The summed E-state index contributed by atoms with van der Waals surface area (Å²) in [5.41, 5.74) is 0.850. The predicted octanol–water partition coefficient (Wildman–Crippen LogP) is 3.09. The van der Waals surface area contributed by atoms with Crippen molar-refractivity contribution in [3.05, 3.63) is 22.7 Å². The van der Waals surface area contributed by atoms with Gasteiger partial charge in [-0.3, -0.25) is 4.79 Å². The fourth-order valence-electron chi connectivity index (χ4n) is 2.00. The first-order chi connectivity index (χ1) is 10.0. The van der Waals surface area contributed by atoms with Crippen LogP contribution in [0, 0.1) is 0 Å². The Hall–Kier alpha value is -1.46. The lowest BCUT2D eigenvalue weighted by molar-refractivity contribution is -0.139. The van der Waals surface area contributed by atoms with Gasteiger partial charge in [-0.2, -0.15) is 0 Å². The lowest BCUT2D eigenvalue weighted by Crippen LogP contribution is -2.36. The SMILES string of the molecule is CCCC(NCc1cc(Cl)c(OCC)c(OC)c1)C(=O)O. The number of carboxylic acids is 1. The molecule has 0 radical (unpaired) electrons. The second-order valence-electron chi connectivity index (χ2n) is 4.60. The lowest BCUT2D eigenvalue weighted by Gasteiger charge is -2.16. The molecule has 0 heterocycles. The molecule has 0 aliphatic heterocycles. The van der Waals surface area contributed by atoms with Crippen molar-refractivity contribution in [3.63, 3.8) is 0 Å². The summed E-state index contributed by atoms with van der Waals surface area (Å²) in [5.74, 6) is 0.207. The average Bonchev–Trinajstić information content (AvgIpc) is 2.45. The zero-order chi connectivity index (χ0) is 15.8. The van der Waals surface area contributed by atoms with Crippen LogP contribution in [0.3, 0.4) is 0 Å². The molecule has 0 amide bonds. The van der Waals surface area contributed by atoms with Gasteiger partial charge in [0.25, 0.3) is 0 Å². The molecule has 2 N–H and O–H groups in total. The van der Waals surface area contributed by atoms with Crippen molar-refractivity contribution in [2.45, 2.75) is 39.3 Å². The van der Waals surface area contributed by atoms with Crippen LogP contribution in [0.5, 0.6) is 11.5 Å². The Kier molecular flexibility index (Phi) is 7.32. The molecule has 1 aromatic rings. The molecule has 1 rings (SSSR count). The number of halogens is 1. The molecular formula is C15H22ClNO4. The minimum absolute atomic E-state index is 0.402. The molecule has 118 valence electrons. The molecule has 0 aliphatic rings. The van der Waals surface area contributed by atoms with E-state index >= 15 is 0 Å². The topological polar surface area (TPSA) is 67.8 Å². The van der Waals surface area contributed by atoms with E-state index in [9.17, 15) is 4.79 Å². The van der Waals surface area contributed by atoms with E-state index in [2.05, 4.69) is 5.32 Å². The highest BCUT2D eigenvalue weighted by Crippen LogP contribution is 2.36. The number of ether oxygens (including phenoxy) is 2. The largest absolute Gasteiger partial charge is 0.493 e. The Bertz CT molecular complexity index is 479. The Labute approximate surface area is 130 Å². The standard InChI is InChI=1S/C15H22ClNO4/c1-4-6-12(15(18)19)17-9-10-7-11(16)14(21-5-2)13(8-10)20-3/h7-8,12,17H,4-6,9H2,1-3H3,(H,18,19). The van der Waals surface area contributed by atoms with Crippen molar-refractivity contribution in [1.82, 2.24) is 5.32 Å². The molecule has 0 aliphatic carbocycles. The molecule has 0 fully saturated rings. The molecule has 0 aromatic heterocycles. The Morgan fingerprint density at radius 3 is 2.67 bits per heavy atom. The maximum atomic E-state index is 11.1. The molecule has 5 nitrogen and oxygen atoms in total. The first kappa shape index (κ1) is 17.6. The van der Waals surface area contributed by atoms with Crippen molar-refractivity contribution >= 4 is 17.6 Å². The van der Waals surface area contributed by atoms with Crippen molar-refractivity contribution in [3.8, 4) is 11.5 Å². The summed E-state index contributed by atoms with van der Waals surface area (Å²) in [5, 5.41) is 12.6. The van der Waals surface area contributed by atoms with Crippen LogP contribution in [0.1, 0.15) is 32.3 Å². The zero-order valence-electron chi connectivity index (χ0n) is 12.6. The van der Waals surface area contributed by atoms with E-state index in [0.717, 1.165) is 12.0 Å². The number of aliphatic carboxylic acids is 1. The smallest absolute Gasteiger partial charge is 0.320 e. The Morgan fingerprint density at radius 1 is 1.43 bits per heavy atom. The minimum atomic E-state index is -0.846. The maximum Gasteiger partial charge on any atom is 0.320 e. The summed E-state index contributed by atoms with van der Waals surface area (Å²) in [4.78, 5) is 11.1. The van der Waals surface area contributed by atoms with Gasteiger partial charge in [-0.15, -0.1) is 0 Å². The normalized spacial score (nSPS) is 12.0. The van der Waals surface area contributed by atoms with Gasteiger partial charge in [0.2, 0.25) is 0 Å². The molecule has 1 unspecified atom stereocenters. The van der Waals surface area contributed by atoms with E-state index in [1.807, 2.05) is 13.8 Å².